The number of nitrogens with one attached hydrogen (secondary N) is 1. The lowest BCUT2D eigenvalue weighted by molar-refractivity contribution is 0.0924. The van der Waals surface area contributed by atoms with Gasteiger partial charge in [0.1, 0.15) is 0 Å². The van der Waals surface area contributed by atoms with E-state index in [9.17, 15) is 13.5 Å². The zero-order chi connectivity index (χ0) is 13.8. The van der Waals surface area contributed by atoms with E-state index in [4.69, 9.17) is 5.11 Å². The van der Waals surface area contributed by atoms with Crippen molar-refractivity contribution in [2.75, 3.05) is 19.4 Å². The van der Waals surface area contributed by atoms with Crippen LogP contribution >= 0.6 is 0 Å². The summed E-state index contributed by atoms with van der Waals surface area (Å²) < 4.78 is 22.6. The lowest BCUT2D eigenvalue weighted by atomic mass is 10.1. The van der Waals surface area contributed by atoms with Gasteiger partial charge >= 0.3 is 0 Å². The molecule has 102 valence electrons. The Labute approximate surface area is 107 Å². The zero-order valence-corrected chi connectivity index (χ0v) is 11.3. The van der Waals surface area contributed by atoms with Crippen LogP contribution in [-0.2, 0) is 9.84 Å². The summed E-state index contributed by atoms with van der Waals surface area (Å²) in [6.45, 7) is 1.90. The predicted molar refractivity (Wildman–Crippen MR) is 69.1 cm³/mol. The Morgan fingerprint density at radius 1 is 1.28 bits per heavy atom. The Bertz CT molecular complexity index is 469. The van der Waals surface area contributed by atoms with Crippen LogP contribution in [0, 0.1) is 0 Å². The lowest BCUT2D eigenvalue weighted by Gasteiger charge is -2.16. The highest BCUT2D eigenvalue weighted by atomic mass is 32.2. The minimum absolute atomic E-state index is 0.0280. The summed E-state index contributed by atoms with van der Waals surface area (Å²) in [4.78, 5) is 0.286. The Balaban J connectivity index is 2.68. The van der Waals surface area contributed by atoms with E-state index in [1.165, 1.54) is 6.26 Å². The van der Waals surface area contributed by atoms with Crippen LogP contribution in [0.4, 0.5) is 0 Å². The van der Waals surface area contributed by atoms with E-state index in [0.29, 0.717) is 0 Å². The third-order valence-corrected chi connectivity index (χ3v) is 3.81. The van der Waals surface area contributed by atoms with Gasteiger partial charge in [-0.2, -0.15) is 0 Å². The van der Waals surface area contributed by atoms with Crippen molar-refractivity contribution in [3.63, 3.8) is 0 Å². The molecule has 1 aromatic carbocycles. The number of hydrogen-bond acceptors (Lipinski definition) is 5. The summed E-state index contributed by atoms with van der Waals surface area (Å²) in [5.74, 6) is 0. The Hall–Kier alpha value is -0.950. The van der Waals surface area contributed by atoms with Crippen LogP contribution < -0.4 is 5.32 Å². The molecule has 0 aliphatic heterocycles. The molecule has 0 saturated heterocycles. The molecule has 1 aromatic rings. The minimum Gasteiger partial charge on any atom is -0.394 e. The second kappa shape index (κ2) is 6.29. The first-order valence-electron chi connectivity index (χ1n) is 5.67. The van der Waals surface area contributed by atoms with E-state index in [1.54, 1.807) is 24.3 Å². The van der Waals surface area contributed by atoms with Gasteiger partial charge in [-0.1, -0.05) is 12.1 Å². The van der Waals surface area contributed by atoms with Crippen molar-refractivity contribution >= 4 is 9.84 Å². The second-order valence-corrected chi connectivity index (χ2v) is 6.32. The van der Waals surface area contributed by atoms with Gasteiger partial charge in [0.15, 0.2) is 9.84 Å². The number of benzene rings is 1. The smallest absolute Gasteiger partial charge is 0.175 e. The summed E-state index contributed by atoms with van der Waals surface area (Å²) in [5.41, 5.74) is 0.924. The fraction of sp³-hybridized carbons (Fsp3) is 0.500. The van der Waals surface area contributed by atoms with Gasteiger partial charge in [0.05, 0.1) is 17.6 Å². The molecule has 2 unspecified atom stereocenters. The fourth-order valence-corrected chi connectivity index (χ4v) is 2.13. The Kier molecular flexibility index (Phi) is 5.28. The fourth-order valence-electron chi connectivity index (χ4n) is 1.50. The molecule has 0 aromatic heterocycles. The molecule has 0 amide bonds. The monoisotopic (exact) mass is 273 g/mol. The summed E-state index contributed by atoms with van der Waals surface area (Å²) >= 11 is 0. The van der Waals surface area contributed by atoms with E-state index in [-0.39, 0.29) is 24.1 Å². The molecule has 1 rings (SSSR count). The molecule has 3 N–H and O–H groups in total. The van der Waals surface area contributed by atoms with Gasteiger partial charge in [0.2, 0.25) is 0 Å². The summed E-state index contributed by atoms with van der Waals surface area (Å²) in [7, 11) is -3.17. The van der Waals surface area contributed by atoms with Crippen LogP contribution in [0.15, 0.2) is 29.2 Å². The van der Waals surface area contributed by atoms with Crippen LogP contribution in [0.3, 0.4) is 0 Å². The maximum absolute atomic E-state index is 11.3. The number of rotatable bonds is 6. The first-order chi connectivity index (χ1) is 8.34. The van der Waals surface area contributed by atoms with Gasteiger partial charge in [0, 0.05) is 18.8 Å². The van der Waals surface area contributed by atoms with Crippen molar-refractivity contribution < 1.29 is 18.6 Å². The highest BCUT2D eigenvalue weighted by molar-refractivity contribution is 7.90. The van der Waals surface area contributed by atoms with E-state index in [1.807, 2.05) is 6.92 Å². The van der Waals surface area contributed by atoms with Crippen LogP contribution in [0.2, 0.25) is 0 Å². The van der Waals surface area contributed by atoms with Gasteiger partial charge in [-0.25, -0.2) is 8.42 Å². The molecule has 5 nitrogen and oxygen atoms in total. The Morgan fingerprint density at radius 2 is 1.83 bits per heavy atom. The highest BCUT2D eigenvalue weighted by Crippen LogP contribution is 2.16. The minimum atomic E-state index is -3.17. The van der Waals surface area contributed by atoms with Crippen molar-refractivity contribution in [2.24, 2.45) is 0 Å². The van der Waals surface area contributed by atoms with Crippen molar-refractivity contribution in [2.45, 2.75) is 24.0 Å². The van der Waals surface area contributed by atoms with Crippen molar-refractivity contribution in [3.05, 3.63) is 29.8 Å². The third-order valence-electron chi connectivity index (χ3n) is 2.68. The SMILES string of the molecule is CC(NCC(O)CO)c1ccc(S(C)(=O)=O)cc1. The maximum Gasteiger partial charge on any atom is 0.175 e. The third kappa shape index (κ3) is 4.38. The number of sulfone groups is 1. The predicted octanol–water partition coefficient (Wildman–Crippen LogP) is 0.0939. The molecule has 0 radical (unpaired) electrons. The molecule has 0 heterocycles. The van der Waals surface area contributed by atoms with Gasteiger partial charge in [-0.15, -0.1) is 0 Å². The van der Waals surface area contributed by atoms with E-state index in [2.05, 4.69) is 5.32 Å². The molecule has 0 fully saturated rings. The topological polar surface area (TPSA) is 86.6 Å². The molecule has 6 heteroatoms. The molecule has 0 aliphatic rings. The number of aliphatic hydroxyl groups excluding tert-OH is 2. The maximum atomic E-state index is 11.3. The van der Waals surface area contributed by atoms with Crippen LogP contribution in [-0.4, -0.2) is 44.1 Å². The van der Waals surface area contributed by atoms with Crippen molar-refractivity contribution in [1.29, 1.82) is 0 Å². The first kappa shape index (κ1) is 15.1. The molecular formula is C12H19NO4S. The zero-order valence-electron chi connectivity index (χ0n) is 10.5. The first-order valence-corrected chi connectivity index (χ1v) is 7.56. The standard InChI is InChI=1S/C12H19NO4S/c1-9(13-7-11(15)8-14)10-3-5-12(6-4-10)18(2,16)17/h3-6,9,11,13-15H,7-8H2,1-2H3. The summed E-state index contributed by atoms with van der Waals surface area (Å²) in [5, 5.41) is 20.9. The molecule has 18 heavy (non-hydrogen) atoms. The normalized spacial score (nSPS) is 15.3. The summed E-state index contributed by atoms with van der Waals surface area (Å²) in [6, 6.07) is 6.56. The van der Waals surface area contributed by atoms with Gasteiger partial charge in [0.25, 0.3) is 0 Å². The second-order valence-electron chi connectivity index (χ2n) is 4.31. The van der Waals surface area contributed by atoms with Gasteiger partial charge in [-0.3, -0.25) is 0 Å². The molecule has 0 aliphatic carbocycles. The average molecular weight is 273 g/mol. The molecule has 0 bridgehead atoms. The quantitative estimate of drug-likeness (QED) is 0.684. The molecule has 0 spiro atoms. The van der Waals surface area contributed by atoms with Crippen LogP contribution in [0.5, 0.6) is 0 Å². The molecular weight excluding hydrogens is 254 g/mol. The van der Waals surface area contributed by atoms with Crippen LogP contribution in [0.25, 0.3) is 0 Å². The number of aliphatic hydroxyl groups is 2. The van der Waals surface area contributed by atoms with Crippen molar-refractivity contribution in [1.82, 2.24) is 5.32 Å². The van der Waals surface area contributed by atoms with Gasteiger partial charge < -0.3 is 15.5 Å². The Morgan fingerprint density at radius 3 is 2.28 bits per heavy atom. The van der Waals surface area contributed by atoms with Crippen molar-refractivity contribution in [3.8, 4) is 0 Å². The highest BCUT2D eigenvalue weighted by Gasteiger charge is 2.10. The van der Waals surface area contributed by atoms with Gasteiger partial charge in [-0.05, 0) is 24.6 Å². The molecule has 0 saturated carbocycles. The molecule has 2 atom stereocenters. The van der Waals surface area contributed by atoms with E-state index in [0.717, 1.165) is 5.56 Å². The summed E-state index contributed by atoms with van der Waals surface area (Å²) in [6.07, 6.45) is 0.379. The van der Waals surface area contributed by atoms with Crippen LogP contribution in [0.1, 0.15) is 18.5 Å². The van der Waals surface area contributed by atoms with E-state index < -0.39 is 15.9 Å². The number of hydrogen-bond donors (Lipinski definition) is 3. The lowest BCUT2D eigenvalue weighted by Crippen LogP contribution is -2.31. The van der Waals surface area contributed by atoms with E-state index >= 15 is 0 Å². The largest absolute Gasteiger partial charge is 0.394 e. The average Bonchev–Trinajstić information content (AvgIpc) is 2.34.